The van der Waals surface area contributed by atoms with E-state index in [-0.39, 0.29) is 0 Å². The summed E-state index contributed by atoms with van der Waals surface area (Å²) >= 11 is 0. The quantitative estimate of drug-likeness (QED) is 0.361. The summed E-state index contributed by atoms with van der Waals surface area (Å²) in [5.41, 5.74) is 5.54. The largest absolute Gasteiger partial charge is 0.479 e. The van der Waals surface area contributed by atoms with Crippen molar-refractivity contribution in [2.75, 3.05) is 6.61 Å². The third kappa shape index (κ3) is 3.12. The van der Waals surface area contributed by atoms with Gasteiger partial charge < -0.3 is 35.6 Å². The van der Waals surface area contributed by atoms with Crippen molar-refractivity contribution >= 4 is 5.97 Å². The normalized spacial score (nSPS) is 39.9. The molecule has 0 radical (unpaired) electrons. The highest BCUT2D eigenvalue weighted by molar-refractivity contribution is 5.71. The van der Waals surface area contributed by atoms with Gasteiger partial charge in [-0.05, 0) is 6.92 Å². The van der Waals surface area contributed by atoms with Gasteiger partial charge in [-0.25, -0.2) is 4.79 Å². The number of rotatable bonds is 4. The molecule has 0 aromatic heterocycles. The molecule has 8 nitrogen and oxygen atoms in total. The molecular weight excluding hydrogens is 234 g/mol. The van der Waals surface area contributed by atoms with E-state index in [4.69, 9.17) is 25.4 Å². The van der Waals surface area contributed by atoms with Crippen molar-refractivity contribution in [2.45, 2.75) is 43.7 Å². The van der Waals surface area contributed by atoms with Gasteiger partial charge in [0.05, 0.1) is 12.6 Å². The summed E-state index contributed by atoms with van der Waals surface area (Å²) in [4.78, 5) is 10.6. The SMILES string of the molecule is C[C@@H](OC1C(N)[C@H](O)OC(CO)[C@H]1O)C(=O)O. The van der Waals surface area contributed by atoms with Crippen LogP contribution in [0.5, 0.6) is 0 Å². The molecule has 0 bridgehead atoms. The number of nitrogens with two attached hydrogens (primary N) is 1. The molecule has 6 N–H and O–H groups in total. The van der Waals surface area contributed by atoms with Crippen molar-refractivity contribution in [2.24, 2.45) is 5.73 Å². The Balaban J connectivity index is 2.74. The zero-order valence-electron chi connectivity index (χ0n) is 9.26. The van der Waals surface area contributed by atoms with Gasteiger partial charge in [0.1, 0.15) is 18.3 Å². The second kappa shape index (κ2) is 5.71. The van der Waals surface area contributed by atoms with Gasteiger partial charge in [0, 0.05) is 0 Å². The average Bonchev–Trinajstić information content (AvgIpc) is 2.28. The Hall–Kier alpha value is -0.770. The van der Waals surface area contributed by atoms with Gasteiger partial charge in [0.15, 0.2) is 12.4 Å². The minimum Gasteiger partial charge on any atom is -0.479 e. The van der Waals surface area contributed by atoms with E-state index in [1.807, 2.05) is 0 Å². The lowest BCUT2D eigenvalue weighted by Gasteiger charge is -2.41. The van der Waals surface area contributed by atoms with Crippen LogP contribution in [-0.2, 0) is 14.3 Å². The summed E-state index contributed by atoms with van der Waals surface area (Å²) in [7, 11) is 0. The first-order valence-corrected chi connectivity index (χ1v) is 5.14. The Morgan fingerprint density at radius 2 is 2.12 bits per heavy atom. The molecule has 1 fully saturated rings. The van der Waals surface area contributed by atoms with Crippen molar-refractivity contribution in [1.29, 1.82) is 0 Å². The molecule has 17 heavy (non-hydrogen) atoms. The fourth-order valence-corrected chi connectivity index (χ4v) is 1.57. The highest BCUT2D eigenvalue weighted by Gasteiger charge is 2.44. The van der Waals surface area contributed by atoms with Crippen LogP contribution in [0, 0.1) is 0 Å². The van der Waals surface area contributed by atoms with E-state index in [1.165, 1.54) is 6.92 Å². The second-order valence-corrected chi connectivity index (χ2v) is 3.90. The number of carboxylic acid groups (broad SMARTS) is 1. The van der Waals surface area contributed by atoms with Crippen LogP contribution in [-0.4, -0.2) is 69.8 Å². The van der Waals surface area contributed by atoms with Gasteiger partial charge in [-0.2, -0.15) is 0 Å². The van der Waals surface area contributed by atoms with Crippen LogP contribution in [0.15, 0.2) is 0 Å². The zero-order chi connectivity index (χ0) is 13.2. The fourth-order valence-electron chi connectivity index (χ4n) is 1.57. The van der Waals surface area contributed by atoms with Gasteiger partial charge in [-0.15, -0.1) is 0 Å². The molecule has 100 valence electrons. The Morgan fingerprint density at radius 1 is 1.53 bits per heavy atom. The Bertz CT molecular complexity index is 274. The molecular formula is C9H17NO7. The molecule has 1 aliphatic rings. The molecule has 0 saturated carbocycles. The Kier molecular flexibility index (Phi) is 4.80. The van der Waals surface area contributed by atoms with Crippen LogP contribution >= 0.6 is 0 Å². The number of aliphatic hydroxyl groups is 3. The molecule has 0 aromatic carbocycles. The van der Waals surface area contributed by atoms with Gasteiger partial charge >= 0.3 is 5.97 Å². The Morgan fingerprint density at radius 3 is 2.59 bits per heavy atom. The van der Waals surface area contributed by atoms with E-state index in [9.17, 15) is 15.0 Å². The van der Waals surface area contributed by atoms with Gasteiger partial charge in [-0.3, -0.25) is 0 Å². The van der Waals surface area contributed by atoms with E-state index in [1.54, 1.807) is 0 Å². The van der Waals surface area contributed by atoms with Crippen LogP contribution in [0.1, 0.15) is 6.92 Å². The predicted molar refractivity (Wildman–Crippen MR) is 53.9 cm³/mol. The minimum atomic E-state index is -1.43. The predicted octanol–water partition coefficient (Wildman–Crippen LogP) is -2.76. The van der Waals surface area contributed by atoms with Crippen molar-refractivity contribution in [3.8, 4) is 0 Å². The smallest absolute Gasteiger partial charge is 0.332 e. The van der Waals surface area contributed by atoms with E-state index in [0.717, 1.165) is 0 Å². The highest BCUT2D eigenvalue weighted by Crippen LogP contribution is 2.22. The number of carboxylic acids is 1. The molecule has 0 amide bonds. The van der Waals surface area contributed by atoms with E-state index < -0.39 is 49.3 Å². The van der Waals surface area contributed by atoms with Crippen LogP contribution in [0.4, 0.5) is 0 Å². The van der Waals surface area contributed by atoms with Crippen molar-refractivity contribution in [1.82, 2.24) is 0 Å². The van der Waals surface area contributed by atoms with Gasteiger partial charge in [-0.1, -0.05) is 0 Å². The number of aliphatic carboxylic acids is 1. The lowest BCUT2D eigenvalue weighted by Crippen LogP contribution is -2.63. The highest BCUT2D eigenvalue weighted by atomic mass is 16.6. The summed E-state index contributed by atoms with van der Waals surface area (Å²) < 4.78 is 9.89. The summed E-state index contributed by atoms with van der Waals surface area (Å²) in [6.07, 6.45) is -6.11. The molecule has 1 rings (SSSR count). The standard InChI is InChI=1S/C9H17NO7/c1-3(8(13)14)16-7-5(10)9(15)17-4(2-11)6(7)12/h3-7,9,11-12,15H,2,10H2,1H3,(H,13,14)/t3-,4?,5?,6-,7?,9-/m1/s1. The maximum atomic E-state index is 10.6. The van der Waals surface area contributed by atoms with Crippen LogP contribution in [0.25, 0.3) is 0 Å². The van der Waals surface area contributed by atoms with Gasteiger partial charge in [0.2, 0.25) is 0 Å². The van der Waals surface area contributed by atoms with Crippen LogP contribution < -0.4 is 5.73 Å². The zero-order valence-corrected chi connectivity index (χ0v) is 9.26. The number of carbonyl (C=O) groups is 1. The maximum absolute atomic E-state index is 10.6. The van der Waals surface area contributed by atoms with E-state index in [0.29, 0.717) is 0 Å². The second-order valence-electron chi connectivity index (χ2n) is 3.90. The summed E-state index contributed by atoms with van der Waals surface area (Å²) in [6, 6.07) is -1.09. The van der Waals surface area contributed by atoms with Crippen molar-refractivity contribution < 1.29 is 34.7 Å². The molecule has 8 heteroatoms. The van der Waals surface area contributed by atoms with E-state index >= 15 is 0 Å². The first-order valence-electron chi connectivity index (χ1n) is 5.14. The first kappa shape index (κ1) is 14.3. The molecule has 1 aliphatic heterocycles. The molecule has 0 spiro atoms. The number of hydrogen-bond acceptors (Lipinski definition) is 7. The first-order chi connectivity index (χ1) is 7.88. The summed E-state index contributed by atoms with van der Waals surface area (Å²) in [6.45, 7) is 0.740. The minimum absolute atomic E-state index is 0.535. The maximum Gasteiger partial charge on any atom is 0.332 e. The van der Waals surface area contributed by atoms with Crippen LogP contribution in [0.3, 0.4) is 0 Å². The molecule has 0 aliphatic carbocycles. The van der Waals surface area contributed by atoms with Crippen LogP contribution in [0.2, 0.25) is 0 Å². The topological polar surface area (TPSA) is 142 Å². The molecule has 1 saturated heterocycles. The number of ether oxygens (including phenoxy) is 2. The average molecular weight is 251 g/mol. The number of aliphatic hydroxyl groups excluding tert-OH is 3. The fraction of sp³-hybridized carbons (Fsp3) is 0.889. The third-order valence-corrected chi connectivity index (χ3v) is 2.63. The Labute approximate surface area is 97.6 Å². The monoisotopic (exact) mass is 251 g/mol. The van der Waals surface area contributed by atoms with Gasteiger partial charge in [0.25, 0.3) is 0 Å². The number of hydrogen-bond donors (Lipinski definition) is 5. The molecule has 0 aromatic rings. The third-order valence-electron chi connectivity index (χ3n) is 2.63. The van der Waals surface area contributed by atoms with Crippen molar-refractivity contribution in [3.63, 3.8) is 0 Å². The molecule has 1 heterocycles. The summed E-state index contributed by atoms with van der Waals surface area (Å²) in [5.74, 6) is -1.22. The lowest BCUT2D eigenvalue weighted by molar-refractivity contribution is -0.262. The molecule has 6 atom stereocenters. The van der Waals surface area contributed by atoms with Crippen molar-refractivity contribution in [3.05, 3.63) is 0 Å². The van der Waals surface area contributed by atoms with E-state index in [2.05, 4.69) is 0 Å². The molecule has 3 unspecified atom stereocenters. The lowest BCUT2D eigenvalue weighted by atomic mass is 9.97. The summed E-state index contributed by atoms with van der Waals surface area (Å²) in [5, 5.41) is 36.8.